The molecule has 1 amide bonds. The molecule has 0 saturated carbocycles. The summed E-state index contributed by atoms with van der Waals surface area (Å²) in [4.78, 5) is 15.9. The third-order valence-corrected chi connectivity index (χ3v) is 4.47. The van der Waals surface area contributed by atoms with Gasteiger partial charge in [0.2, 0.25) is 0 Å². The number of nitrogens with zero attached hydrogens (tertiary/aromatic N) is 1. The van der Waals surface area contributed by atoms with Gasteiger partial charge >= 0.3 is 0 Å². The van der Waals surface area contributed by atoms with Gasteiger partial charge in [-0.15, -0.1) is 0 Å². The maximum atomic E-state index is 12.1. The molecule has 1 heterocycles. The first-order valence-electron chi connectivity index (χ1n) is 5.16. The van der Waals surface area contributed by atoms with E-state index in [1.165, 1.54) is 12.1 Å². The van der Waals surface area contributed by atoms with Crippen LogP contribution in [0.1, 0.15) is 10.4 Å². The molecule has 104 valence electrons. The monoisotopic (exact) mass is 412 g/mol. The Balaban J connectivity index is 2.30. The number of benzene rings is 1. The number of aromatic nitrogens is 1. The van der Waals surface area contributed by atoms with Crippen molar-refractivity contribution in [1.82, 2.24) is 4.98 Å². The molecule has 0 radical (unpaired) electrons. The molecule has 0 bridgehead atoms. The Kier molecular flexibility index (Phi) is 5.15. The fourth-order valence-electron chi connectivity index (χ4n) is 1.41. The van der Waals surface area contributed by atoms with E-state index < -0.39 is 5.91 Å². The highest BCUT2D eigenvalue weighted by atomic mass is 79.9. The predicted molar refractivity (Wildman–Crippen MR) is 86.4 cm³/mol. The number of nitrogens with one attached hydrogen (secondary N) is 1. The summed E-state index contributed by atoms with van der Waals surface area (Å²) in [6.45, 7) is 0. The lowest BCUT2D eigenvalue weighted by Gasteiger charge is -2.09. The van der Waals surface area contributed by atoms with Gasteiger partial charge in [-0.05, 0) is 40.2 Å². The molecular weight excluding hydrogens is 410 g/mol. The van der Waals surface area contributed by atoms with E-state index in [9.17, 15) is 4.79 Å². The Morgan fingerprint density at radius 1 is 1.05 bits per heavy atom. The van der Waals surface area contributed by atoms with Crippen LogP contribution in [0.5, 0.6) is 0 Å². The summed E-state index contributed by atoms with van der Waals surface area (Å²) in [5.74, 6) is -0.420. The first kappa shape index (κ1) is 15.9. The van der Waals surface area contributed by atoms with Crippen molar-refractivity contribution >= 4 is 73.9 Å². The van der Waals surface area contributed by atoms with Crippen LogP contribution in [0.25, 0.3) is 0 Å². The number of rotatable bonds is 2. The highest BCUT2D eigenvalue weighted by molar-refractivity contribution is 9.10. The molecule has 2 aromatic rings. The summed E-state index contributed by atoms with van der Waals surface area (Å²) in [5, 5.41) is 3.43. The average Bonchev–Trinajstić information content (AvgIpc) is 2.38. The molecule has 0 fully saturated rings. The molecule has 1 aromatic heterocycles. The number of hydrogen-bond acceptors (Lipinski definition) is 2. The number of anilines is 1. The summed E-state index contributed by atoms with van der Waals surface area (Å²) in [6, 6.07) is 6.10. The molecule has 0 unspecified atom stereocenters. The van der Waals surface area contributed by atoms with Crippen molar-refractivity contribution in [2.75, 3.05) is 5.32 Å². The third-order valence-electron chi connectivity index (χ3n) is 2.31. The van der Waals surface area contributed by atoms with Crippen LogP contribution in [-0.2, 0) is 0 Å². The van der Waals surface area contributed by atoms with E-state index in [1.54, 1.807) is 12.1 Å². The standard InChI is InChI=1S/C12H5BrCl4N2O/c13-6-1-2-7(11(17)10(6)16)18-12(20)5-3-8(14)19-9(15)4-5/h1-4H,(H,18,20). The Bertz CT molecular complexity index is 673. The molecule has 8 heteroatoms. The lowest BCUT2D eigenvalue weighted by atomic mass is 10.2. The molecule has 0 aliphatic rings. The third kappa shape index (κ3) is 3.57. The first-order chi connectivity index (χ1) is 9.38. The van der Waals surface area contributed by atoms with Gasteiger partial charge in [-0.2, -0.15) is 0 Å². The van der Waals surface area contributed by atoms with Crippen LogP contribution in [0.4, 0.5) is 5.69 Å². The van der Waals surface area contributed by atoms with Gasteiger partial charge in [-0.3, -0.25) is 4.79 Å². The average molecular weight is 415 g/mol. The summed E-state index contributed by atoms with van der Waals surface area (Å²) in [7, 11) is 0. The predicted octanol–water partition coefficient (Wildman–Crippen LogP) is 5.71. The zero-order chi connectivity index (χ0) is 14.9. The second kappa shape index (κ2) is 6.50. The van der Waals surface area contributed by atoms with E-state index in [-0.39, 0.29) is 20.9 Å². The maximum absolute atomic E-state index is 12.1. The molecule has 3 nitrogen and oxygen atoms in total. The Morgan fingerprint density at radius 2 is 1.65 bits per heavy atom. The van der Waals surface area contributed by atoms with Gasteiger partial charge in [-0.25, -0.2) is 4.98 Å². The second-order valence-corrected chi connectivity index (χ2v) is 6.06. The summed E-state index contributed by atoms with van der Waals surface area (Å²) in [5.41, 5.74) is 0.652. The fourth-order valence-corrected chi connectivity index (χ4v) is 2.69. The van der Waals surface area contributed by atoms with Crippen molar-refractivity contribution in [3.8, 4) is 0 Å². The van der Waals surface area contributed by atoms with E-state index in [0.29, 0.717) is 15.2 Å². The van der Waals surface area contributed by atoms with Crippen LogP contribution in [0.15, 0.2) is 28.7 Å². The molecule has 1 N–H and O–H groups in total. The Hall–Kier alpha value is -0.520. The minimum absolute atomic E-state index is 0.127. The van der Waals surface area contributed by atoms with Crippen LogP contribution in [-0.4, -0.2) is 10.9 Å². The zero-order valence-electron chi connectivity index (χ0n) is 9.55. The number of pyridine rings is 1. The molecule has 0 aliphatic carbocycles. The largest absolute Gasteiger partial charge is 0.321 e. The van der Waals surface area contributed by atoms with Gasteiger partial charge in [0.15, 0.2) is 0 Å². The van der Waals surface area contributed by atoms with Gasteiger partial charge in [0.25, 0.3) is 5.91 Å². The molecule has 0 saturated heterocycles. The van der Waals surface area contributed by atoms with Crippen LogP contribution in [0, 0.1) is 0 Å². The van der Waals surface area contributed by atoms with E-state index in [4.69, 9.17) is 46.4 Å². The maximum Gasteiger partial charge on any atom is 0.255 e. The molecular formula is C12H5BrCl4N2O. The van der Waals surface area contributed by atoms with E-state index in [2.05, 4.69) is 26.2 Å². The smallest absolute Gasteiger partial charge is 0.255 e. The number of amides is 1. The molecule has 0 spiro atoms. The molecule has 2 rings (SSSR count). The number of hydrogen-bond donors (Lipinski definition) is 1. The number of carbonyl (C=O) groups is 1. The minimum Gasteiger partial charge on any atom is -0.321 e. The lowest BCUT2D eigenvalue weighted by Crippen LogP contribution is -2.12. The van der Waals surface area contributed by atoms with Crippen LogP contribution in [0.2, 0.25) is 20.4 Å². The van der Waals surface area contributed by atoms with Crippen molar-refractivity contribution in [1.29, 1.82) is 0 Å². The molecule has 1 aromatic carbocycles. The van der Waals surface area contributed by atoms with E-state index >= 15 is 0 Å². The van der Waals surface area contributed by atoms with Gasteiger partial charge < -0.3 is 5.32 Å². The summed E-state index contributed by atoms with van der Waals surface area (Å²) in [6.07, 6.45) is 0. The first-order valence-corrected chi connectivity index (χ1v) is 7.47. The number of carbonyl (C=O) groups excluding carboxylic acids is 1. The normalized spacial score (nSPS) is 10.4. The van der Waals surface area contributed by atoms with Gasteiger partial charge in [0, 0.05) is 10.0 Å². The second-order valence-electron chi connectivity index (χ2n) is 3.68. The fraction of sp³-hybridized carbons (Fsp3) is 0. The molecule has 20 heavy (non-hydrogen) atoms. The quantitative estimate of drug-likeness (QED) is 0.505. The van der Waals surface area contributed by atoms with Crippen molar-refractivity contribution in [3.05, 3.63) is 54.7 Å². The van der Waals surface area contributed by atoms with Crippen molar-refractivity contribution in [2.24, 2.45) is 0 Å². The zero-order valence-corrected chi connectivity index (χ0v) is 14.2. The van der Waals surface area contributed by atoms with E-state index in [0.717, 1.165) is 0 Å². The van der Waals surface area contributed by atoms with Crippen LogP contribution in [0.3, 0.4) is 0 Å². The van der Waals surface area contributed by atoms with Crippen molar-refractivity contribution in [2.45, 2.75) is 0 Å². The highest BCUT2D eigenvalue weighted by Crippen LogP contribution is 2.36. The van der Waals surface area contributed by atoms with Gasteiger partial charge in [-0.1, -0.05) is 46.4 Å². The van der Waals surface area contributed by atoms with Crippen molar-refractivity contribution in [3.63, 3.8) is 0 Å². The minimum atomic E-state index is -0.420. The topological polar surface area (TPSA) is 42.0 Å². The van der Waals surface area contributed by atoms with Crippen molar-refractivity contribution < 1.29 is 4.79 Å². The van der Waals surface area contributed by atoms with Crippen LogP contribution >= 0.6 is 62.3 Å². The molecule has 0 atom stereocenters. The number of halogens is 5. The summed E-state index contributed by atoms with van der Waals surface area (Å²) >= 11 is 26.8. The Morgan fingerprint density at radius 3 is 2.25 bits per heavy atom. The van der Waals surface area contributed by atoms with Crippen LogP contribution < -0.4 is 5.32 Å². The Labute approximate surface area is 143 Å². The lowest BCUT2D eigenvalue weighted by molar-refractivity contribution is 0.102. The summed E-state index contributed by atoms with van der Waals surface area (Å²) < 4.78 is 0.636. The SMILES string of the molecule is O=C(Nc1ccc(Br)c(Cl)c1Cl)c1cc(Cl)nc(Cl)c1. The van der Waals surface area contributed by atoms with Gasteiger partial charge in [0.05, 0.1) is 15.7 Å². The van der Waals surface area contributed by atoms with E-state index in [1.807, 2.05) is 0 Å². The molecule has 0 aliphatic heterocycles. The van der Waals surface area contributed by atoms with Gasteiger partial charge in [0.1, 0.15) is 10.3 Å². The highest BCUT2D eigenvalue weighted by Gasteiger charge is 2.13.